The molecule has 0 aromatic carbocycles. The number of ether oxygens (including phenoxy) is 1. The van der Waals surface area contributed by atoms with Gasteiger partial charge in [-0.3, -0.25) is 0 Å². The van der Waals surface area contributed by atoms with Gasteiger partial charge in [0.2, 0.25) is 0 Å². The van der Waals surface area contributed by atoms with Gasteiger partial charge in [0.15, 0.2) is 0 Å². The Morgan fingerprint density at radius 2 is 1.64 bits per heavy atom. The third-order valence-electron chi connectivity index (χ3n) is 3.50. The fourth-order valence-electron chi connectivity index (χ4n) is 2.91. The molecule has 0 amide bonds. The van der Waals surface area contributed by atoms with Crippen LogP contribution < -0.4 is 0 Å². The summed E-state index contributed by atoms with van der Waals surface area (Å²) in [5, 5.41) is 9.72. The molecule has 1 aliphatic heterocycles. The van der Waals surface area contributed by atoms with E-state index in [1.165, 1.54) is 0 Å². The predicted molar refractivity (Wildman–Crippen MR) is 39.9 cm³/mol. The molecule has 3 rings (SSSR count). The second-order valence-electron chi connectivity index (χ2n) is 3.90. The maximum absolute atomic E-state index is 9.72. The van der Waals surface area contributed by atoms with E-state index in [1.807, 2.05) is 0 Å². The SMILES string of the molecule is OC1C2C=CC1C1COCC21. The molecule has 0 aromatic heterocycles. The van der Waals surface area contributed by atoms with Gasteiger partial charge < -0.3 is 9.84 Å². The topological polar surface area (TPSA) is 29.5 Å². The van der Waals surface area contributed by atoms with Crippen molar-refractivity contribution in [1.82, 2.24) is 0 Å². The number of aliphatic hydroxyl groups is 1. The van der Waals surface area contributed by atoms with E-state index >= 15 is 0 Å². The lowest BCUT2D eigenvalue weighted by Crippen LogP contribution is -2.17. The molecule has 1 saturated carbocycles. The second-order valence-corrected chi connectivity index (χ2v) is 3.90. The van der Waals surface area contributed by atoms with Crippen molar-refractivity contribution < 1.29 is 9.84 Å². The lowest BCUT2D eigenvalue weighted by Gasteiger charge is -2.15. The average molecular weight is 152 g/mol. The first-order valence-electron chi connectivity index (χ1n) is 4.32. The van der Waals surface area contributed by atoms with Crippen molar-refractivity contribution >= 4 is 0 Å². The Morgan fingerprint density at radius 1 is 1.09 bits per heavy atom. The first kappa shape index (κ1) is 6.21. The van der Waals surface area contributed by atoms with Crippen LogP contribution in [0.5, 0.6) is 0 Å². The van der Waals surface area contributed by atoms with E-state index in [1.54, 1.807) is 0 Å². The molecule has 4 unspecified atom stereocenters. The number of aliphatic hydroxyl groups excluding tert-OH is 1. The zero-order chi connectivity index (χ0) is 7.42. The van der Waals surface area contributed by atoms with E-state index in [-0.39, 0.29) is 6.10 Å². The van der Waals surface area contributed by atoms with Crippen molar-refractivity contribution in [2.24, 2.45) is 23.7 Å². The van der Waals surface area contributed by atoms with Crippen LogP contribution in [0.25, 0.3) is 0 Å². The van der Waals surface area contributed by atoms with Crippen molar-refractivity contribution in [3.05, 3.63) is 12.2 Å². The Bertz CT molecular complexity index is 192. The molecule has 2 aliphatic carbocycles. The summed E-state index contributed by atoms with van der Waals surface area (Å²) in [5.74, 6) is 2.07. The van der Waals surface area contributed by atoms with Crippen LogP contribution in [0.3, 0.4) is 0 Å². The van der Waals surface area contributed by atoms with E-state index in [2.05, 4.69) is 12.2 Å². The summed E-state index contributed by atoms with van der Waals surface area (Å²) < 4.78 is 5.39. The molecule has 60 valence electrons. The van der Waals surface area contributed by atoms with Crippen LogP contribution in [0, 0.1) is 23.7 Å². The summed E-state index contributed by atoms with van der Waals surface area (Å²) in [6.45, 7) is 1.74. The number of hydrogen-bond donors (Lipinski definition) is 1. The van der Waals surface area contributed by atoms with E-state index < -0.39 is 0 Å². The summed E-state index contributed by atoms with van der Waals surface area (Å²) >= 11 is 0. The van der Waals surface area contributed by atoms with Gasteiger partial charge in [-0.05, 0) is 11.8 Å². The van der Waals surface area contributed by atoms with Crippen molar-refractivity contribution in [3.63, 3.8) is 0 Å². The van der Waals surface area contributed by atoms with Crippen molar-refractivity contribution in [1.29, 1.82) is 0 Å². The number of rotatable bonds is 0. The molecule has 4 atom stereocenters. The maximum atomic E-state index is 9.72. The predicted octanol–water partition coefficient (Wildman–Crippen LogP) is 0.426. The minimum absolute atomic E-state index is 0.0890. The first-order chi connectivity index (χ1) is 5.38. The molecule has 1 N–H and O–H groups in total. The second kappa shape index (κ2) is 1.87. The minimum Gasteiger partial charge on any atom is -0.392 e. The van der Waals surface area contributed by atoms with Gasteiger partial charge >= 0.3 is 0 Å². The van der Waals surface area contributed by atoms with E-state index in [0.717, 1.165) is 13.2 Å². The van der Waals surface area contributed by atoms with Gasteiger partial charge in [0.1, 0.15) is 0 Å². The standard InChI is InChI=1S/C9H12O2/c10-9-5-1-2-6(9)8-4-11-3-7(5)8/h1-2,5-10H,3-4H2. The Balaban J connectivity index is 1.99. The molecule has 2 heteroatoms. The molecule has 2 bridgehead atoms. The van der Waals surface area contributed by atoms with E-state index in [0.29, 0.717) is 23.7 Å². The van der Waals surface area contributed by atoms with Crippen molar-refractivity contribution in [2.75, 3.05) is 13.2 Å². The average Bonchev–Trinajstić information content (AvgIpc) is 2.61. The summed E-state index contributed by atoms with van der Waals surface area (Å²) in [4.78, 5) is 0. The zero-order valence-electron chi connectivity index (χ0n) is 6.31. The van der Waals surface area contributed by atoms with Gasteiger partial charge in [0, 0.05) is 11.8 Å². The Kier molecular flexibility index (Phi) is 1.06. The fourth-order valence-corrected chi connectivity index (χ4v) is 2.91. The molecule has 1 saturated heterocycles. The molecule has 0 spiro atoms. The Morgan fingerprint density at radius 3 is 2.18 bits per heavy atom. The third-order valence-corrected chi connectivity index (χ3v) is 3.50. The van der Waals surface area contributed by atoms with Gasteiger partial charge in [-0.2, -0.15) is 0 Å². The minimum atomic E-state index is -0.0890. The summed E-state index contributed by atoms with van der Waals surface area (Å²) in [5.41, 5.74) is 0. The number of hydrogen-bond acceptors (Lipinski definition) is 2. The van der Waals surface area contributed by atoms with E-state index in [9.17, 15) is 5.11 Å². The molecular weight excluding hydrogens is 140 g/mol. The van der Waals surface area contributed by atoms with Crippen molar-refractivity contribution in [3.8, 4) is 0 Å². The van der Waals surface area contributed by atoms with Crippen LogP contribution >= 0.6 is 0 Å². The van der Waals surface area contributed by atoms with Crippen LogP contribution in [0.4, 0.5) is 0 Å². The Labute approximate surface area is 65.9 Å². The third kappa shape index (κ3) is 0.603. The highest BCUT2D eigenvalue weighted by Gasteiger charge is 2.53. The normalized spacial score (nSPS) is 58.8. The van der Waals surface area contributed by atoms with Crippen LogP contribution in [0.2, 0.25) is 0 Å². The maximum Gasteiger partial charge on any atom is 0.0672 e. The molecule has 1 heterocycles. The van der Waals surface area contributed by atoms with Gasteiger partial charge in [0.25, 0.3) is 0 Å². The lowest BCUT2D eigenvalue weighted by molar-refractivity contribution is 0.0884. The molecule has 2 fully saturated rings. The van der Waals surface area contributed by atoms with Crippen LogP contribution in [0.15, 0.2) is 12.2 Å². The van der Waals surface area contributed by atoms with Crippen LogP contribution in [0.1, 0.15) is 0 Å². The number of fused-ring (bicyclic) bond motifs is 5. The van der Waals surface area contributed by atoms with Gasteiger partial charge in [-0.15, -0.1) is 0 Å². The summed E-state index contributed by atoms with van der Waals surface area (Å²) in [6, 6.07) is 0. The molecule has 3 aliphatic rings. The van der Waals surface area contributed by atoms with Gasteiger partial charge in [-0.1, -0.05) is 12.2 Å². The highest BCUT2D eigenvalue weighted by atomic mass is 16.5. The zero-order valence-corrected chi connectivity index (χ0v) is 6.31. The van der Waals surface area contributed by atoms with Gasteiger partial charge in [-0.25, -0.2) is 0 Å². The molecular formula is C9H12O2. The quantitative estimate of drug-likeness (QED) is 0.510. The smallest absolute Gasteiger partial charge is 0.0672 e. The summed E-state index contributed by atoms with van der Waals surface area (Å²) in [7, 11) is 0. The van der Waals surface area contributed by atoms with Crippen LogP contribution in [-0.4, -0.2) is 24.4 Å². The Hall–Kier alpha value is -0.340. The molecule has 11 heavy (non-hydrogen) atoms. The largest absolute Gasteiger partial charge is 0.392 e. The van der Waals surface area contributed by atoms with Crippen molar-refractivity contribution in [2.45, 2.75) is 6.10 Å². The van der Waals surface area contributed by atoms with Gasteiger partial charge in [0.05, 0.1) is 19.3 Å². The highest BCUT2D eigenvalue weighted by Crippen LogP contribution is 2.50. The fraction of sp³-hybridized carbons (Fsp3) is 0.778. The summed E-state index contributed by atoms with van der Waals surface area (Å²) in [6.07, 6.45) is 4.25. The molecule has 0 radical (unpaired) electrons. The molecule has 2 nitrogen and oxygen atoms in total. The lowest BCUT2D eigenvalue weighted by atomic mass is 9.86. The van der Waals surface area contributed by atoms with Crippen LogP contribution in [-0.2, 0) is 4.74 Å². The highest BCUT2D eigenvalue weighted by molar-refractivity contribution is 5.19. The van der Waals surface area contributed by atoms with E-state index in [4.69, 9.17) is 4.74 Å². The first-order valence-corrected chi connectivity index (χ1v) is 4.32. The monoisotopic (exact) mass is 152 g/mol. The molecule has 0 aromatic rings.